The number of hydrogen-bond donors (Lipinski definition) is 1. The summed E-state index contributed by atoms with van der Waals surface area (Å²) < 4.78 is 0. The SMILES string of the molecule is CCCCN(C)C(=O)c1cc(C(=O)NC(C)(C)C)ccn1. The third kappa shape index (κ3) is 5.53. The van der Waals surface area contributed by atoms with Crippen molar-refractivity contribution in [3.05, 3.63) is 29.6 Å². The molecule has 1 heterocycles. The van der Waals surface area contributed by atoms with E-state index in [0.29, 0.717) is 17.8 Å². The quantitative estimate of drug-likeness (QED) is 0.906. The summed E-state index contributed by atoms with van der Waals surface area (Å²) >= 11 is 0. The van der Waals surface area contributed by atoms with Crippen LogP contribution in [0.2, 0.25) is 0 Å². The Bertz CT molecular complexity index is 506. The highest BCUT2D eigenvalue weighted by Gasteiger charge is 2.18. The lowest BCUT2D eigenvalue weighted by Gasteiger charge is -2.21. The molecule has 0 radical (unpaired) electrons. The summed E-state index contributed by atoms with van der Waals surface area (Å²) in [6.45, 7) is 8.51. The van der Waals surface area contributed by atoms with Gasteiger partial charge in [-0.3, -0.25) is 14.6 Å². The van der Waals surface area contributed by atoms with Crippen LogP contribution in [0, 0.1) is 0 Å². The average molecular weight is 291 g/mol. The number of carbonyl (C=O) groups excluding carboxylic acids is 2. The topological polar surface area (TPSA) is 62.3 Å². The number of amides is 2. The van der Waals surface area contributed by atoms with Gasteiger partial charge in [0.15, 0.2) is 0 Å². The third-order valence-corrected chi connectivity index (χ3v) is 2.92. The standard InChI is InChI=1S/C16H25N3O2/c1-6-7-10-19(5)15(21)13-11-12(8-9-17-13)14(20)18-16(2,3)4/h8-9,11H,6-7,10H2,1-5H3,(H,18,20). The van der Waals surface area contributed by atoms with E-state index in [4.69, 9.17) is 0 Å². The zero-order valence-corrected chi connectivity index (χ0v) is 13.6. The molecule has 5 heteroatoms. The summed E-state index contributed by atoms with van der Waals surface area (Å²) in [5.41, 5.74) is 0.435. The van der Waals surface area contributed by atoms with Crippen LogP contribution in [-0.2, 0) is 0 Å². The van der Waals surface area contributed by atoms with Crippen molar-refractivity contribution >= 4 is 11.8 Å². The lowest BCUT2D eigenvalue weighted by atomic mass is 10.1. The summed E-state index contributed by atoms with van der Waals surface area (Å²) in [6.07, 6.45) is 3.48. The molecule has 21 heavy (non-hydrogen) atoms. The van der Waals surface area contributed by atoms with E-state index in [1.807, 2.05) is 20.8 Å². The van der Waals surface area contributed by atoms with E-state index in [2.05, 4.69) is 17.2 Å². The zero-order chi connectivity index (χ0) is 16.0. The van der Waals surface area contributed by atoms with E-state index < -0.39 is 0 Å². The van der Waals surface area contributed by atoms with Gasteiger partial charge in [-0.25, -0.2) is 0 Å². The summed E-state index contributed by atoms with van der Waals surface area (Å²) in [4.78, 5) is 30.1. The molecule has 0 aliphatic rings. The van der Waals surface area contributed by atoms with Crippen LogP contribution >= 0.6 is 0 Å². The van der Waals surface area contributed by atoms with E-state index in [-0.39, 0.29) is 17.4 Å². The minimum Gasteiger partial charge on any atom is -0.347 e. The first kappa shape index (κ1) is 17.1. The molecular formula is C16H25N3O2. The molecule has 1 aromatic heterocycles. The van der Waals surface area contributed by atoms with Crippen LogP contribution in [0.3, 0.4) is 0 Å². The molecule has 116 valence electrons. The minimum absolute atomic E-state index is 0.158. The van der Waals surface area contributed by atoms with Crippen LogP contribution in [0.4, 0.5) is 0 Å². The fourth-order valence-corrected chi connectivity index (χ4v) is 1.79. The van der Waals surface area contributed by atoms with Crippen molar-refractivity contribution < 1.29 is 9.59 Å². The molecule has 0 unspecified atom stereocenters. The number of unbranched alkanes of at least 4 members (excludes halogenated alkanes) is 1. The number of aromatic nitrogens is 1. The van der Waals surface area contributed by atoms with Crippen molar-refractivity contribution in [3.63, 3.8) is 0 Å². The molecule has 1 aromatic rings. The maximum Gasteiger partial charge on any atom is 0.272 e. The Morgan fingerprint density at radius 2 is 2.00 bits per heavy atom. The fraction of sp³-hybridized carbons (Fsp3) is 0.562. The van der Waals surface area contributed by atoms with Gasteiger partial charge in [-0.1, -0.05) is 13.3 Å². The number of carbonyl (C=O) groups is 2. The Labute approximate surface area is 126 Å². The highest BCUT2D eigenvalue weighted by atomic mass is 16.2. The van der Waals surface area contributed by atoms with Crippen LogP contribution in [0.1, 0.15) is 61.4 Å². The molecule has 0 fully saturated rings. The Morgan fingerprint density at radius 1 is 1.33 bits per heavy atom. The Hall–Kier alpha value is -1.91. The number of rotatable bonds is 5. The molecular weight excluding hydrogens is 266 g/mol. The molecule has 0 saturated heterocycles. The second kappa shape index (κ2) is 7.20. The maximum atomic E-state index is 12.2. The summed E-state index contributed by atoms with van der Waals surface area (Å²) in [5.74, 6) is -0.357. The molecule has 0 aromatic carbocycles. The van der Waals surface area contributed by atoms with Crippen LogP contribution < -0.4 is 5.32 Å². The number of pyridine rings is 1. The number of hydrogen-bond acceptors (Lipinski definition) is 3. The van der Waals surface area contributed by atoms with Gasteiger partial charge in [0.2, 0.25) is 0 Å². The summed E-state index contributed by atoms with van der Waals surface area (Å²) in [7, 11) is 1.75. The van der Waals surface area contributed by atoms with Gasteiger partial charge in [-0.05, 0) is 39.3 Å². The first-order valence-corrected chi connectivity index (χ1v) is 7.28. The maximum absolute atomic E-state index is 12.2. The Kier molecular flexibility index (Phi) is 5.88. The monoisotopic (exact) mass is 291 g/mol. The van der Waals surface area contributed by atoms with E-state index in [0.717, 1.165) is 12.8 Å². The summed E-state index contributed by atoms with van der Waals surface area (Å²) in [6, 6.07) is 3.16. The lowest BCUT2D eigenvalue weighted by molar-refractivity contribution is 0.0787. The second-order valence-corrected chi connectivity index (χ2v) is 6.21. The van der Waals surface area contributed by atoms with Gasteiger partial charge in [0, 0.05) is 30.9 Å². The third-order valence-electron chi connectivity index (χ3n) is 2.92. The lowest BCUT2D eigenvalue weighted by Crippen LogP contribution is -2.40. The van der Waals surface area contributed by atoms with Crippen LogP contribution in [-0.4, -0.2) is 40.8 Å². The molecule has 0 saturated carbocycles. The smallest absolute Gasteiger partial charge is 0.272 e. The van der Waals surface area contributed by atoms with E-state index >= 15 is 0 Å². The highest BCUT2D eigenvalue weighted by Crippen LogP contribution is 2.08. The predicted octanol–water partition coefficient (Wildman–Crippen LogP) is 2.48. The first-order chi connectivity index (χ1) is 9.74. The van der Waals surface area contributed by atoms with Gasteiger partial charge in [0.25, 0.3) is 11.8 Å². The van der Waals surface area contributed by atoms with Gasteiger partial charge < -0.3 is 10.2 Å². The van der Waals surface area contributed by atoms with Crippen molar-refractivity contribution in [3.8, 4) is 0 Å². The Morgan fingerprint density at radius 3 is 2.57 bits per heavy atom. The molecule has 0 spiro atoms. The van der Waals surface area contributed by atoms with Crippen molar-refractivity contribution in [1.29, 1.82) is 0 Å². The average Bonchev–Trinajstić information content (AvgIpc) is 2.42. The number of nitrogens with zero attached hydrogens (tertiary/aromatic N) is 2. The molecule has 5 nitrogen and oxygen atoms in total. The second-order valence-electron chi connectivity index (χ2n) is 6.21. The van der Waals surface area contributed by atoms with Crippen LogP contribution in [0.5, 0.6) is 0 Å². The van der Waals surface area contributed by atoms with Gasteiger partial charge in [0.05, 0.1) is 0 Å². The summed E-state index contributed by atoms with van der Waals surface area (Å²) in [5, 5.41) is 2.87. The molecule has 0 aliphatic carbocycles. The molecule has 0 aliphatic heterocycles. The van der Waals surface area contributed by atoms with Crippen molar-refractivity contribution in [2.45, 2.75) is 46.1 Å². The van der Waals surface area contributed by atoms with E-state index in [9.17, 15) is 9.59 Å². The number of nitrogens with one attached hydrogen (secondary N) is 1. The zero-order valence-electron chi connectivity index (χ0n) is 13.6. The van der Waals surface area contributed by atoms with E-state index in [1.54, 1.807) is 24.1 Å². The van der Waals surface area contributed by atoms with Gasteiger partial charge in [0.1, 0.15) is 5.69 Å². The highest BCUT2D eigenvalue weighted by molar-refractivity contribution is 5.98. The Balaban J connectivity index is 2.85. The normalized spacial score (nSPS) is 11.1. The molecule has 0 bridgehead atoms. The molecule has 0 atom stereocenters. The van der Waals surface area contributed by atoms with Crippen molar-refractivity contribution in [2.75, 3.05) is 13.6 Å². The van der Waals surface area contributed by atoms with Gasteiger partial charge >= 0.3 is 0 Å². The predicted molar refractivity (Wildman–Crippen MR) is 83.3 cm³/mol. The van der Waals surface area contributed by atoms with Gasteiger partial charge in [-0.15, -0.1) is 0 Å². The van der Waals surface area contributed by atoms with Gasteiger partial charge in [-0.2, -0.15) is 0 Å². The fourth-order valence-electron chi connectivity index (χ4n) is 1.79. The minimum atomic E-state index is -0.317. The van der Waals surface area contributed by atoms with Crippen molar-refractivity contribution in [1.82, 2.24) is 15.2 Å². The molecule has 1 N–H and O–H groups in total. The van der Waals surface area contributed by atoms with Crippen LogP contribution in [0.15, 0.2) is 18.3 Å². The first-order valence-electron chi connectivity index (χ1n) is 7.28. The van der Waals surface area contributed by atoms with Crippen molar-refractivity contribution in [2.24, 2.45) is 0 Å². The molecule has 1 rings (SSSR count). The largest absolute Gasteiger partial charge is 0.347 e. The van der Waals surface area contributed by atoms with E-state index in [1.165, 1.54) is 6.20 Å². The molecule has 2 amide bonds. The van der Waals surface area contributed by atoms with Crippen LogP contribution in [0.25, 0.3) is 0 Å².